The molecule has 0 saturated heterocycles. The van der Waals surface area contributed by atoms with Gasteiger partial charge in [-0.25, -0.2) is 4.39 Å². The molecule has 0 N–H and O–H groups in total. The number of hydrogen-bond acceptors (Lipinski definition) is 6. The van der Waals surface area contributed by atoms with E-state index in [2.05, 4.69) is 20.2 Å². The topological polar surface area (TPSA) is 82.3 Å². The summed E-state index contributed by atoms with van der Waals surface area (Å²) < 4.78 is 20.6. The summed E-state index contributed by atoms with van der Waals surface area (Å²) in [6, 6.07) is 6.55. The Bertz CT molecular complexity index is 1190. The van der Waals surface area contributed by atoms with Gasteiger partial charge < -0.3 is 4.74 Å². The van der Waals surface area contributed by atoms with Crippen molar-refractivity contribution in [1.82, 2.24) is 24.6 Å². The maximum absolute atomic E-state index is 13.4. The molecule has 4 heterocycles. The van der Waals surface area contributed by atoms with E-state index in [0.29, 0.717) is 22.7 Å². The third-order valence-corrected chi connectivity index (χ3v) is 4.33. The Morgan fingerprint density at radius 2 is 2.04 bits per heavy atom. The zero-order valence-electron chi connectivity index (χ0n) is 15.3. The van der Waals surface area contributed by atoms with Crippen LogP contribution < -0.4 is 4.74 Å². The number of aryl methyl sites for hydroxylation is 2. The highest BCUT2D eigenvalue weighted by atomic mass is 19.1. The van der Waals surface area contributed by atoms with Crippen LogP contribution in [0.5, 0.6) is 11.5 Å². The lowest BCUT2D eigenvalue weighted by molar-refractivity contribution is 0.0992. The Labute approximate surface area is 159 Å². The number of rotatable bonds is 5. The molecule has 0 fully saturated rings. The maximum atomic E-state index is 13.4. The third kappa shape index (κ3) is 3.57. The van der Waals surface area contributed by atoms with Crippen LogP contribution in [0.4, 0.5) is 4.39 Å². The van der Waals surface area contributed by atoms with E-state index in [4.69, 9.17) is 4.74 Å². The normalized spacial score (nSPS) is 11.0. The van der Waals surface area contributed by atoms with Crippen LogP contribution in [0.1, 0.15) is 27.3 Å². The minimum Gasteiger partial charge on any atom is -0.454 e. The smallest absolute Gasteiger partial charge is 0.172 e. The van der Waals surface area contributed by atoms with Crippen LogP contribution in [0.3, 0.4) is 0 Å². The number of nitrogens with zero attached hydrogens (tertiary/aromatic N) is 5. The predicted octanol–water partition coefficient (Wildman–Crippen LogP) is 3.49. The highest BCUT2D eigenvalue weighted by Gasteiger charge is 2.17. The average molecular weight is 377 g/mol. The molecule has 140 valence electrons. The van der Waals surface area contributed by atoms with Crippen molar-refractivity contribution in [3.8, 4) is 11.5 Å². The van der Waals surface area contributed by atoms with Crippen molar-refractivity contribution in [3.05, 3.63) is 77.5 Å². The molecule has 0 saturated carbocycles. The fourth-order valence-electron chi connectivity index (χ4n) is 2.80. The van der Waals surface area contributed by atoms with Gasteiger partial charge in [0, 0.05) is 17.5 Å². The number of carbonyl (C=O) groups is 1. The van der Waals surface area contributed by atoms with Gasteiger partial charge in [-0.15, -0.1) is 10.2 Å². The molecule has 0 aromatic carbocycles. The van der Waals surface area contributed by atoms with E-state index < -0.39 is 5.82 Å². The number of ether oxygens (including phenoxy) is 1. The quantitative estimate of drug-likeness (QED) is 0.495. The summed E-state index contributed by atoms with van der Waals surface area (Å²) in [7, 11) is 0. The third-order valence-electron chi connectivity index (χ3n) is 4.33. The van der Waals surface area contributed by atoms with E-state index in [0.717, 1.165) is 17.5 Å². The summed E-state index contributed by atoms with van der Waals surface area (Å²) in [5, 5.41) is 7.88. The highest BCUT2D eigenvalue weighted by molar-refractivity contribution is 6.02. The molecule has 0 bridgehead atoms. The zero-order chi connectivity index (χ0) is 19.7. The van der Waals surface area contributed by atoms with Gasteiger partial charge in [0.15, 0.2) is 11.4 Å². The van der Waals surface area contributed by atoms with E-state index in [9.17, 15) is 9.18 Å². The van der Waals surface area contributed by atoms with Crippen molar-refractivity contribution in [2.24, 2.45) is 0 Å². The van der Waals surface area contributed by atoms with Crippen molar-refractivity contribution in [3.63, 3.8) is 0 Å². The number of aromatic nitrogens is 5. The molecular formula is C20H16FN5O2. The van der Waals surface area contributed by atoms with E-state index in [1.807, 2.05) is 26.0 Å². The molecule has 0 atom stereocenters. The average Bonchev–Trinajstić information content (AvgIpc) is 3.12. The van der Waals surface area contributed by atoms with Crippen LogP contribution in [-0.4, -0.2) is 30.3 Å². The molecule has 0 spiro atoms. The lowest BCUT2D eigenvalue weighted by atomic mass is 10.1. The van der Waals surface area contributed by atoms with Crippen molar-refractivity contribution in [2.75, 3.05) is 0 Å². The summed E-state index contributed by atoms with van der Waals surface area (Å²) >= 11 is 0. The Balaban J connectivity index is 1.68. The lowest BCUT2D eigenvalue weighted by Gasteiger charge is -2.09. The molecule has 0 unspecified atom stereocenters. The van der Waals surface area contributed by atoms with Crippen molar-refractivity contribution < 1.29 is 13.9 Å². The van der Waals surface area contributed by atoms with Crippen LogP contribution in [0.15, 0.2) is 49.2 Å². The van der Waals surface area contributed by atoms with Gasteiger partial charge in [0.05, 0.1) is 30.6 Å². The molecule has 4 aromatic heterocycles. The first-order valence-electron chi connectivity index (χ1n) is 8.58. The molecule has 28 heavy (non-hydrogen) atoms. The molecule has 7 nitrogen and oxygen atoms in total. The summed E-state index contributed by atoms with van der Waals surface area (Å²) in [5.41, 5.74) is 3.38. The van der Waals surface area contributed by atoms with Crippen LogP contribution >= 0.6 is 0 Å². The minimum atomic E-state index is -0.514. The largest absolute Gasteiger partial charge is 0.454 e. The lowest BCUT2D eigenvalue weighted by Crippen LogP contribution is -2.08. The summed E-state index contributed by atoms with van der Waals surface area (Å²) in [5.74, 6) is -0.116. The Hall–Kier alpha value is -3.68. The second kappa shape index (κ2) is 7.15. The first-order valence-corrected chi connectivity index (χ1v) is 8.58. The Kier molecular flexibility index (Phi) is 4.52. The van der Waals surface area contributed by atoms with E-state index in [1.165, 1.54) is 18.6 Å². The molecule has 0 radical (unpaired) electrons. The summed E-state index contributed by atoms with van der Waals surface area (Å²) in [4.78, 5) is 21.1. The Morgan fingerprint density at radius 1 is 1.18 bits per heavy atom. The molecule has 0 aliphatic rings. The molecule has 0 aliphatic heterocycles. The zero-order valence-corrected chi connectivity index (χ0v) is 15.3. The summed E-state index contributed by atoms with van der Waals surface area (Å²) in [6.07, 6.45) is 5.68. The first kappa shape index (κ1) is 17.7. The molecule has 0 aliphatic carbocycles. The van der Waals surface area contributed by atoms with Crippen molar-refractivity contribution in [1.29, 1.82) is 0 Å². The van der Waals surface area contributed by atoms with Crippen LogP contribution in [-0.2, 0) is 6.42 Å². The molecule has 4 aromatic rings. The SMILES string of the molecule is Cc1ccc(CC(=O)c2cc(Oc3cncc(F)c3)cn3cnnc23)nc1C. The number of ketones is 1. The number of carbonyl (C=O) groups excluding carboxylic acids is 1. The number of Topliss-reactive ketones (excluding diaryl/α,β-unsaturated/α-hetero) is 1. The number of pyridine rings is 3. The van der Waals surface area contributed by atoms with Crippen LogP contribution in [0.25, 0.3) is 5.65 Å². The second-order valence-electron chi connectivity index (χ2n) is 6.40. The van der Waals surface area contributed by atoms with Crippen LogP contribution in [0.2, 0.25) is 0 Å². The summed E-state index contributed by atoms with van der Waals surface area (Å²) in [6.45, 7) is 3.87. The molecule has 0 amide bonds. The van der Waals surface area contributed by atoms with Crippen molar-refractivity contribution in [2.45, 2.75) is 20.3 Å². The van der Waals surface area contributed by atoms with E-state index >= 15 is 0 Å². The van der Waals surface area contributed by atoms with Gasteiger partial charge in [-0.3, -0.25) is 19.2 Å². The Morgan fingerprint density at radius 3 is 2.82 bits per heavy atom. The fourth-order valence-corrected chi connectivity index (χ4v) is 2.80. The van der Waals surface area contributed by atoms with Gasteiger partial charge in [0.25, 0.3) is 0 Å². The number of fused-ring (bicyclic) bond motifs is 1. The molecule has 8 heteroatoms. The second-order valence-corrected chi connectivity index (χ2v) is 6.40. The van der Waals surface area contributed by atoms with Gasteiger partial charge in [-0.05, 0) is 31.5 Å². The number of hydrogen-bond donors (Lipinski definition) is 0. The van der Waals surface area contributed by atoms with E-state index in [-0.39, 0.29) is 18.0 Å². The van der Waals surface area contributed by atoms with Crippen LogP contribution in [0, 0.1) is 19.7 Å². The maximum Gasteiger partial charge on any atom is 0.172 e. The van der Waals surface area contributed by atoms with Gasteiger partial charge >= 0.3 is 0 Å². The van der Waals surface area contributed by atoms with Gasteiger partial charge in [0.1, 0.15) is 23.6 Å². The van der Waals surface area contributed by atoms with Gasteiger partial charge in [-0.1, -0.05) is 6.07 Å². The van der Waals surface area contributed by atoms with E-state index in [1.54, 1.807) is 16.7 Å². The van der Waals surface area contributed by atoms with Gasteiger partial charge in [0.2, 0.25) is 0 Å². The molecular weight excluding hydrogens is 361 g/mol. The number of halogens is 1. The monoisotopic (exact) mass is 377 g/mol. The van der Waals surface area contributed by atoms with Gasteiger partial charge in [-0.2, -0.15) is 0 Å². The predicted molar refractivity (Wildman–Crippen MR) is 99.0 cm³/mol. The standard InChI is InChI=1S/C20H16FN5O2/c1-12-3-4-15(24-13(12)2)6-19(27)18-7-17(10-26-11-23-25-20(18)26)28-16-5-14(21)8-22-9-16/h3-5,7-11H,6H2,1-2H3. The first-order chi connectivity index (χ1) is 13.5. The van der Waals surface area contributed by atoms with Crippen molar-refractivity contribution >= 4 is 11.4 Å². The highest BCUT2D eigenvalue weighted by Crippen LogP contribution is 2.25. The fraction of sp³-hybridized carbons (Fsp3) is 0.150. The molecule has 4 rings (SSSR count). The minimum absolute atomic E-state index is 0.120.